The standard InChI is InChI=1S/C26H24N2O5/c1-16-9-7-8-12-20(16)27-25(29)22-23(19-14-13-18(31-2)15-21(19)32-3)28(33-24(22)26(27)30)17-10-5-4-6-11-17/h4-15,22-24H,1-3H3. The number of hydrogen-bond acceptors (Lipinski definition) is 6. The Morgan fingerprint density at radius 1 is 0.848 bits per heavy atom. The number of benzene rings is 3. The summed E-state index contributed by atoms with van der Waals surface area (Å²) in [5, 5.41) is 1.66. The van der Waals surface area contributed by atoms with Crippen LogP contribution in [0.5, 0.6) is 11.5 Å². The molecule has 2 fully saturated rings. The molecule has 33 heavy (non-hydrogen) atoms. The molecule has 3 unspecified atom stereocenters. The molecular weight excluding hydrogens is 420 g/mol. The Bertz CT molecular complexity index is 1210. The van der Waals surface area contributed by atoms with Crippen LogP contribution in [-0.4, -0.2) is 32.1 Å². The summed E-state index contributed by atoms with van der Waals surface area (Å²) in [6, 6.07) is 21.7. The third-order valence-corrected chi connectivity index (χ3v) is 6.24. The van der Waals surface area contributed by atoms with Gasteiger partial charge in [-0.3, -0.25) is 14.4 Å². The number of rotatable bonds is 5. The second kappa shape index (κ2) is 8.26. The molecule has 5 rings (SSSR count). The number of carbonyl (C=O) groups is 2. The number of carbonyl (C=O) groups excluding carboxylic acids is 2. The number of hydroxylamine groups is 1. The van der Waals surface area contributed by atoms with Gasteiger partial charge in [0, 0.05) is 11.6 Å². The van der Waals surface area contributed by atoms with Crippen molar-refractivity contribution < 1.29 is 23.9 Å². The summed E-state index contributed by atoms with van der Waals surface area (Å²) in [5.41, 5.74) is 2.91. The zero-order chi connectivity index (χ0) is 23.1. The summed E-state index contributed by atoms with van der Waals surface area (Å²) in [6.45, 7) is 1.88. The SMILES string of the molecule is COc1ccc(C2C3C(=O)N(c4ccccc4C)C(=O)C3ON2c2ccccc2)c(OC)c1. The highest BCUT2D eigenvalue weighted by atomic mass is 16.7. The highest BCUT2D eigenvalue weighted by Crippen LogP contribution is 2.50. The summed E-state index contributed by atoms with van der Waals surface area (Å²) in [7, 11) is 3.15. The lowest BCUT2D eigenvalue weighted by Crippen LogP contribution is -2.37. The molecule has 2 heterocycles. The molecule has 0 bridgehead atoms. The molecule has 2 amide bonds. The maximum absolute atomic E-state index is 13.8. The minimum absolute atomic E-state index is 0.291. The minimum atomic E-state index is -0.936. The largest absolute Gasteiger partial charge is 0.497 e. The number of fused-ring (bicyclic) bond motifs is 1. The molecule has 168 valence electrons. The summed E-state index contributed by atoms with van der Waals surface area (Å²) in [4.78, 5) is 34.7. The molecule has 0 N–H and O–H groups in total. The molecule has 0 aliphatic carbocycles. The van der Waals surface area contributed by atoms with Crippen LogP contribution in [0.15, 0.2) is 72.8 Å². The fourth-order valence-corrected chi connectivity index (χ4v) is 4.64. The van der Waals surface area contributed by atoms with Crippen LogP contribution in [0.25, 0.3) is 0 Å². The van der Waals surface area contributed by atoms with Gasteiger partial charge < -0.3 is 9.47 Å². The van der Waals surface area contributed by atoms with Gasteiger partial charge in [-0.2, -0.15) is 0 Å². The van der Waals surface area contributed by atoms with Crippen molar-refractivity contribution in [3.05, 3.63) is 83.9 Å². The van der Waals surface area contributed by atoms with Crippen molar-refractivity contribution in [2.75, 3.05) is 24.2 Å². The number of imide groups is 1. The van der Waals surface area contributed by atoms with Gasteiger partial charge in [0.25, 0.3) is 5.91 Å². The quantitative estimate of drug-likeness (QED) is 0.553. The number of hydrogen-bond donors (Lipinski definition) is 0. The van der Waals surface area contributed by atoms with Crippen molar-refractivity contribution >= 4 is 23.2 Å². The van der Waals surface area contributed by atoms with Crippen LogP contribution < -0.4 is 19.4 Å². The second-order valence-electron chi connectivity index (χ2n) is 8.06. The third kappa shape index (κ3) is 3.32. The highest BCUT2D eigenvalue weighted by molar-refractivity contribution is 6.24. The van der Waals surface area contributed by atoms with E-state index in [-0.39, 0.29) is 11.8 Å². The first-order valence-electron chi connectivity index (χ1n) is 10.7. The molecule has 3 atom stereocenters. The molecule has 0 aromatic heterocycles. The van der Waals surface area contributed by atoms with Crippen LogP contribution in [0.4, 0.5) is 11.4 Å². The predicted octanol–water partition coefficient (Wildman–Crippen LogP) is 4.06. The van der Waals surface area contributed by atoms with Gasteiger partial charge >= 0.3 is 0 Å². The lowest BCUT2D eigenvalue weighted by Gasteiger charge is -2.30. The van der Waals surface area contributed by atoms with Crippen LogP contribution in [0.1, 0.15) is 17.2 Å². The summed E-state index contributed by atoms with van der Waals surface area (Å²) in [6.07, 6.45) is -0.936. The predicted molar refractivity (Wildman–Crippen MR) is 123 cm³/mol. The van der Waals surface area contributed by atoms with Crippen molar-refractivity contribution in [2.45, 2.75) is 19.1 Å². The van der Waals surface area contributed by atoms with Gasteiger partial charge in [0.2, 0.25) is 5.91 Å². The molecule has 3 aromatic rings. The van der Waals surface area contributed by atoms with Crippen molar-refractivity contribution in [2.24, 2.45) is 5.92 Å². The van der Waals surface area contributed by atoms with E-state index in [1.54, 1.807) is 31.4 Å². The molecule has 3 aromatic carbocycles. The zero-order valence-electron chi connectivity index (χ0n) is 18.6. The molecular formula is C26H24N2O5. The molecule has 0 spiro atoms. The monoisotopic (exact) mass is 444 g/mol. The van der Waals surface area contributed by atoms with E-state index in [0.717, 1.165) is 16.8 Å². The second-order valence-corrected chi connectivity index (χ2v) is 8.06. The van der Waals surface area contributed by atoms with Crippen LogP contribution >= 0.6 is 0 Å². The minimum Gasteiger partial charge on any atom is -0.497 e. The lowest BCUT2D eigenvalue weighted by molar-refractivity contribution is -0.126. The first-order chi connectivity index (χ1) is 16.0. The van der Waals surface area contributed by atoms with Crippen LogP contribution in [-0.2, 0) is 14.4 Å². The first kappa shape index (κ1) is 21.0. The molecule has 0 radical (unpaired) electrons. The Morgan fingerprint density at radius 2 is 1.58 bits per heavy atom. The van der Waals surface area contributed by atoms with E-state index in [0.29, 0.717) is 17.2 Å². The Morgan fingerprint density at radius 3 is 2.27 bits per heavy atom. The topological polar surface area (TPSA) is 68.3 Å². The Labute approximate surface area is 192 Å². The van der Waals surface area contributed by atoms with Crippen LogP contribution in [0.2, 0.25) is 0 Å². The highest BCUT2D eigenvalue weighted by Gasteiger charge is 2.60. The van der Waals surface area contributed by atoms with E-state index in [1.807, 2.05) is 67.6 Å². The number of anilines is 2. The Kier molecular flexibility index (Phi) is 5.26. The van der Waals surface area contributed by atoms with Gasteiger partial charge in [0.15, 0.2) is 6.10 Å². The molecule has 7 nitrogen and oxygen atoms in total. The van der Waals surface area contributed by atoms with Crippen molar-refractivity contribution in [3.8, 4) is 11.5 Å². The molecule has 0 saturated carbocycles. The van der Waals surface area contributed by atoms with Gasteiger partial charge in [-0.15, -0.1) is 0 Å². The fraction of sp³-hybridized carbons (Fsp3) is 0.231. The number of amides is 2. The maximum atomic E-state index is 13.8. The van der Waals surface area contributed by atoms with Crippen molar-refractivity contribution in [1.82, 2.24) is 0 Å². The molecule has 7 heteroatoms. The van der Waals surface area contributed by atoms with Crippen LogP contribution in [0, 0.1) is 12.8 Å². The number of methoxy groups -OCH3 is 2. The van der Waals surface area contributed by atoms with E-state index >= 15 is 0 Å². The maximum Gasteiger partial charge on any atom is 0.266 e. The number of para-hydroxylation sites is 2. The third-order valence-electron chi connectivity index (χ3n) is 6.24. The summed E-state index contributed by atoms with van der Waals surface area (Å²) >= 11 is 0. The number of ether oxygens (including phenoxy) is 2. The van der Waals surface area contributed by atoms with Crippen molar-refractivity contribution in [3.63, 3.8) is 0 Å². The van der Waals surface area contributed by atoms with Gasteiger partial charge in [0.1, 0.15) is 17.4 Å². The Hall–Kier alpha value is -3.84. The first-order valence-corrected chi connectivity index (χ1v) is 10.7. The smallest absolute Gasteiger partial charge is 0.266 e. The van der Waals surface area contributed by atoms with Gasteiger partial charge in [-0.05, 0) is 42.8 Å². The number of nitrogens with zero attached hydrogens (tertiary/aromatic N) is 2. The van der Waals surface area contributed by atoms with E-state index < -0.39 is 18.1 Å². The summed E-state index contributed by atoms with van der Waals surface area (Å²) in [5.74, 6) is -0.206. The zero-order valence-corrected chi connectivity index (χ0v) is 18.6. The molecule has 2 aliphatic rings. The normalized spacial score (nSPS) is 22.0. The van der Waals surface area contributed by atoms with E-state index in [2.05, 4.69) is 0 Å². The fourth-order valence-electron chi connectivity index (χ4n) is 4.64. The van der Waals surface area contributed by atoms with Crippen molar-refractivity contribution in [1.29, 1.82) is 0 Å². The van der Waals surface area contributed by atoms with E-state index in [1.165, 1.54) is 4.90 Å². The average molecular weight is 444 g/mol. The number of aryl methyl sites for hydroxylation is 1. The van der Waals surface area contributed by atoms with Gasteiger partial charge in [0.05, 0.1) is 31.6 Å². The average Bonchev–Trinajstić information content (AvgIpc) is 3.35. The van der Waals surface area contributed by atoms with E-state index in [4.69, 9.17) is 14.3 Å². The summed E-state index contributed by atoms with van der Waals surface area (Å²) < 4.78 is 11.0. The van der Waals surface area contributed by atoms with E-state index in [9.17, 15) is 9.59 Å². The molecule has 2 saturated heterocycles. The Balaban J connectivity index is 1.64. The lowest BCUT2D eigenvalue weighted by atomic mass is 9.90. The van der Waals surface area contributed by atoms with Crippen LogP contribution in [0.3, 0.4) is 0 Å². The van der Waals surface area contributed by atoms with Gasteiger partial charge in [-0.25, -0.2) is 9.96 Å². The molecule has 2 aliphatic heterocycles. The van der Waals surface area contributed by atoms with Gasteiger partial charge in [-0.1, -0.05) is 36.4 Å².